The van der Waals surface area contributed by atoms with Gasteiger partial charge in [0.25, 0.3) is 5.91 Å². The summed E-state index contributed by atoms with van der Waals surface area (Å²) in [4.78, 5) is 17.5. The average molecular weight is 516 g/mol. The second-order valence-electron chi connectivity index (χ2n) is 8.68. The molecule has 8 heteroatoms. The van der Waals surface area contributed by atoms with E-state index in [-0.39, 0.29) is 22.7 Å². The Morgan fingerprint density at radius 3 is 2.61 bits per heavy atom. The number of oxazole rings is 1. The number of anilines is 1. The Kier molecular flexibility index (Phi) is 6.35. The van der Waals surface area contributed by atoms with E-state index in [1.54, 1.807) is 36.4 Å². The first-order valence-electron chi connectivity index (χ1n) is 11.3. The number of amides is 1. The molecule has 0 atom stereocenters. The van der Waals surface area contributed by atoms with Gasteiger partial charge in [-0.3, -0.25) is 10.1 Å². The number of hydrogen-bond donors (Lipinski definition) is 3. The van der Waals surface area contributed by atoms with Gasteiger partial charge in [0.05, 0.1) is 5.56 Å². The molecule has 36 heavy (non-hydrogen) atoms. The Hall–Kier alpha value is -3.94. The molecule has 0 fully saturated rings. The van der Waals surface area contributed by atoms with Gasteiger partial charge in [-0.25, -0.2) is 4.98 Å². The van der Waals surface area contributed by atoms with E-state index in [1.807, 2.05) is 30.3 Å². The first kappa shape index (κ1) is 23.8. The molecule has 0 aliphatic rings. The van der Waals surface area contributed by atoms with E-state index in [0.717, 1.165) is 16.3 Å². The highest BCUT2D eigenvalue weighted by Gasteiger charge is 2.16. The van der Waals surface area contributed by atoms with Gasteiger partial charge in [-0.2, -0.15) is 0 Å². The van der Waals surface area contributed by atoms with E-state index in [0.29, 0.717) is 38.9 Å². The largest absolute Gasteiger partial charge is 0.507 e. The van der Waals surface area contributed by atoms with Crippen molar-refractivity contribution in [2.24, 2.45) is 0 Å². The number of carbonyl (C=O) groups is 1. The molecule has 0 saturated heterocycles. The molecule has 6 nitrogen and oxygen atoms in total. The van der Waals surface area contributed by atoms with E-state index >= 15 is 0 Å². The van der Waals surface area contributed by atoms with Crippen molar-refractivity contribution in [3.05, 3.63) is 88.9 Å². The molecular formula is C28H22ClN3O3S. The topological polar surface area (TPSA) is 87.4 Å². The van der Waals surface area contributed by atoms with Crippen molar-refractivity contribution in [3.8, 4) is 17.2 Å². The first-order valence-corrected chi connectivity index (χ1v) is 12.1. The number of thiocarbonyl (C=S) groups is 1. The van der Waals surface area contributed by atoms with Crippen LogP contribution in [0.1, 0.15) is 35.7 Å². The Morgan fingerprint density at radius 2 is 1.81 bits per heavy atom. The number of benzene rings is 4. The zero-order valence-electron chi connectivity index (χ0n) is 19.5. The molecule has 1 heterocycles. The minimum absolute atomic E-state index is 0.0128. The zero-order valence-corrected chi connectivity index (χ0v) is 21.1. The Bertz CT molecular complexity index is 1640. The normalized spacial score (nSPS) is 11.2. The highest BCUT2D eigenvalue weighted by atomic mass is 35.5. The van der Waals surface area contributed by atoms with Crippen LogP contribution < -0.4 is 10.6 Å². The summed E-state index contributed by atoms with van der Waals surface area (Å²) in [5, 5.41) is 18.4. The molecule has 1 aromatic heterocycles. The maximum Gasteiger partial charge on any atom is 0.258 e. The van der Waals surface area contributed by atoms with Crippen molar-refractivity contribution in [2.75, 3.05) is 5.32 Å². The molecular weight excluding hydrogens is 494 g/mol. The molecule has 0 radical (unpaired) electrons. The number of carbonyl (C=O) groups excluding carboxylic acids is 1. The predicted molar refractivity (Wildman–Crippen MR) is 148 cm³/mol. The highest BCUT2D eigenvalue weighted by molar-refractivity contribution is 7.80. The van der Waals surface area contributed by atoms with Crippen molar-refractivity contribution in [1.29, 1.82) is 0 Å². The maximum atomic E-state index is 12.9. The standard InChI is InChI=1S/C28H22ClN3O3S/c1-15(2)16-9-12-25-23(13-16)31-27(35-25)21-14-17(10-11-24(21)33)30-28(36)32-26(34)20-7-3-6-19-18(20)5-4-8-22(19)29/h3-15,33H,1-2H3,(H2,30,32,34,36). The van der Waals surface area contributed by atoms with E-state index in [2.05, 4.69) is 29.5 Å². The number of nitrogens with one attached hydrogen (secondary N) is 2. The molecule has 0 bridgehead atoms. The summed E-state index contributed by atoms with van der Waals surface area (Å²) in [5.41, 5.74) is 3.91. The number of aromatic nitrogens is 1. The number of fused-ring (bicyclic) bond motifs is 2. The van der Waals surface area contributed by atoms with E-state index in [4.69, 9.17) is 28.2 Å². The minimum Gasteiger partial charge on any atom is -0.507 e. The Balaban J connectivity index is 1.37. The van der Waals surface area contributed by atoms with Crippen LogP contribution in [0.2, 0.25) is 5.02 Å². The Labute approximate surface area is 217 Å². The zero-order chi connectivity index (χ0) is 25.4. The third-order valence-electron chi connectivity index (χ3n) is 5.90. The van der Waals surface area contributed by atoms with Gasteiger partial charge < -0.3 is 14.8 Å². The van der Waals surface area contributed by atoms with Crippen LogP contribution in [0.15, 0.2) is 77.2 Å². The SMILES string of the molecule is CC(C)c1ccc2oc(-c3cc(NC(=S)NC(=O)c4cccc5c(Cl)cccc45)ccc3O)nc2c1. The maximum absolute atomic E-state index is 12.9. The average Bonchev–Trinajstić information content (AvgIpc) is 3.28. The van der Waals surface area contributed by atoms with Gasteiger partial charge in [0, 0.05) is 21.7 Å². The summed E-state index contributed by atoms with van der Waals surface area (Å²) in [6.07, 6.45) is 0. The number of halogens is 1. The number of phenols is 1. The number of hydrogen-bond acceptors (Lipinski definition) is 5. The number of nitrogens with zero attached hydrogens (tertiary/aromatic N) is 1. The van der Waals surface area contributed by atoms with Crippen molar-refractivity contribution < 1.29 is 14.3 Å². The van der Waals surface area contributed by atoms with Gasteiger partial charge in [-0.05, 0) is 71.6 Å². The van der Waals surface area contributed by atoms with Crippen LogP contribution in [-0.2, 0) is 0 Å². The molecule has 0 aliphatic heterocycles. The lowest BCUT2D eigenvalue weighted by Crippen LogP contribution is -2.34. The monoisotopic (exact) mass is 515 g/mol. The molecule has 0 unspecified atom stereocenters. The quantitative estimate of drug-likeness (QED) is 0.172. The Morgan fingerprint density at radius 1 is 1.03 bits per heavy atom. The lowest BCUT2D eigenvalue weighted by atomic mass is 10.0. The van der Waals surface area contributed by atoms with Crippen molar-refractivity contribution >= 4 is 62.4 Å². The van der Waals surface area contributed by atoms with Crippen LogP contribution in [0.4, 0.5) is 5.69 Å². The number of rotatable bonds is 4. The van der Waals surface area contributed by atoms with Gasteiger partial charge in [0.1, 0.15) is 11.3 Å². The molecule has 5 rings (SSSR count). The molecule has 1 amide bonds. The second kappa shape index (κ2) is 9.60. The molecule has 0 aliphatic carbocycles. The molecule has 4 aromatic carbocycles. The highest BCUT2D eigenvalue weighted by Crippen LogP contribution is 2.34. The minimum atomic E-state index is -0.362. The second-order valence-corrected chi connectivity index (χ2v) is 9.50. The predicted octanol–water partition coefficient (Wildman–Crippen LogP) is 7.26. The molecule has 3 N–H and O–H groups in total. The van der Waals surface area contributed by atoms with E-state index in [1.165, 1.54) is 6.07 Å². The lowest BCUT2D eigenvalue weighted by Gasteiger charge is -2.12. The van der Waals surface area contributed by atoms with Crippen molar-refractivity contribution in [2.45, 2.75) is 19.8 Å². The first-order chi connectivity index (χ1) is 17.3. The van der Waals surface area contributed by atoms with Crippen LogP contribution in [0, 0.1) is 0 Å². The van der Waals surface area contributed by atoms with Crippen LogP contribution in [0.5, 0.6) is 5.75 Å². The van der Waals surface area contributed by atoms with Crippen LogP contribution >= 0.6 is 23.8 Å². The number of phenolic OH excluding ortho intramolecular Hbond substituents is 1. The van der Waals surface area contributed by atoms with Gasteiger partial charge in [-0.1, -0.05) is 55.8 Å². The van der Waals surface area contributed by atoms with Gasteiger partial charge in [0.2, 0.25) is 5.89 Å². The summed E-state index contributed by atoms with van der Waals surface area (Å²) in [6.45, 7) is 4.22. The third-order valence-corrected chi connectivity index (χ3v) is 6.44. The fourth-order valence-electron chi connectivity index (χ4n) is 4.01. The molecule has 0 spiro atoms. The fraction of sp³-hybridized carbons (Fsp3) is 0.107. The smallest absolute Gasteiger partial charge is 0.258 e. The summed E-state index contributed by atoms with van der Waals surface area (Å²) in [7, 11) is 0. The van der Waals surface area contributed by atoms with Gasteiger partial charge >= 0.3 is 0 Å². The molecule has 180 valence electrons. The molecule has 0 saturated carbocycles. The molecule has 5 aromatic rings. The summed E-state index contributed by atoms with van der Waals surface area (Å²) >= 11 is 11.6. The van der Waals surface area contributed by atoms with Crippen molar-refractivity contribution in [3.63, 3.8) is 0 Å². The number of aromatic hydroxyl groups is 1. The fourth-order valence-corrected chi connectivity index (χ4v) is 4.45. The van der Waals surface area contributed by atoms with Gasteiger partial charge in [-0.15, -0.1) is 0 Å². The summed E-state index contributed by atoms with van der Waals surface area (Å²) in [5.74, 6) is 0.297. The van der Waals surface area contributed by atoms with E-state index < -0.39 is 0 Å². The lowest BCUT2D eigenvalue weighted by molar-refractivity contribution is 0.0979. The van der Waals surface area contributed by atoms with Crippen LogP contribution in [0.3, 0.4) is 0 Å². The third kappa shape index (κ3) is 4.63. The summed E-state index contributed by atoms with van der Waals surface area (Å²) in [6, 6.07) is 21.5. The van der Waals surface area contributed by atoms with Crippen molar-refractivity contribution in [1.82, 2.24) is 10.3 Å². The van der Waals surface area contributed by atoms with Gasteiger partial charge in [0.15, 0.2) is 10.7 Å². The van der Waals surface area contributed by atoms with E-state index in [9.17, 15) is 9.90 Å². The summed E-state index contributed by atoms with van der Waals surface area (Å²) < 4.78 is 5.89. The van der Waals surface area contributed by atoms with Crippen LogP contribution in [-0.4, -0.2) is 21.1 Å². The van der Waals surface area contributed by atoms with Crippen LogP contribution in [0.25, 0.3) is 33.3 Å².